The zero-order valence-corrected chi connectivity index (χ0v) is 14.9. The van der Waals surface area contributed by atoms with E-state index in [1.165, 1.54) is 0 Å². The minimum absolute atomic E-state index is 0. The van der Waals surface area contributed by atoms with Crippen LogP contribution < -0.4 is 15.8 Å². The fourth-order valence-corrected chi connectivity index (χ4v) is 2.99. The minimum Gasteiger partial charge on any atom is -0.493 e. The van der Waals surface area contributed by atoms with Crippen molar-refractivity contribution in [1.29, 1.82) is 0 Å². The zero-order valence-electron chi connectivity index (χ0n) is 14.1. The number of nitrogens with two attached hydrogens (primary N) is 1. The lowest BCUT2D eigenvalue weighted by atomic mass is 9.95. The van der Waals surface area contributed by atoms with Gasteiger partial charge in [0.2, 0.25) is 5.91 Å². The van der Waals surface area contributed by atoms with E-state index in [9.17, 15) is 4.79 Å². The third kappa shape index (κ3) is 6.04. The van der Waals surface area contributed by atoms with E-state index in [0.717, 1.165) is 30.6 Å². The summed E-state index contributed by atoms with van der Waals surface area (Å²) in [4.78, 5) is 12.3. The van der Waals surface area contributed by atoms with Crippen molar-refractivity contribution < 1.29 is 9.53 Å². The lowest BCUT2D eigenvalue weighted by molar-refractivity contribution is -0.126. The van der Waals surface area contributed by atoms with Gasteiger partial charge in [0, 0.05) is 12.5 Å². The van der Waals surface area contributed by atoms with E-state index in [2.05, 4.69) is 19.2 Å². The van der Waals surface area contributed by atoms with Crippen molar-refractivity contribution in [2.75, 3.05) is 13.2 Å². The maximum Gasteiger partial charge on any atom is 0.223 e. The summed E-state index contributed by atoms with van der Waals surface area (Å²) < 4.78 is 5.72. The van der Waals surface area contributed by atoms with Gasteiger partial charge in [0.1, 0.15) is 5.75 Å². The quantitative estimate of drug-likeness (QED) is 0.801. The number of halogens is 1. The summed E-state index contributed by atoms with van der Waals surface area (Å²) >= 11 is 0. The van der Waals surface area contributed by atoms with Crippen molar-refractivity contribution in [2.45, 2.75) is 39.7 Å². The molecule has 1 amide bonds. The molecule has 0 aromatic heterocycles. The van der Waals surface area contributed by atoms with E-state index in [1.807, 2.05) is 24.3 Å². The molecule has 1 fully saturated rings. The molecule has 1 aromatic carbocycles. The third-order valence-corrected chi connectivity index (χ3v) is 4.25. The standard InChI is InChI=1S/C18H28N2O2.ClH/c1-13(2)12-22-16-7-3-5-14(9-16)11-20-18(21)17-8-4-6-15(17)10-19;/h3,5,7,9,13,15,17H,4,6,8,10-12,19H2,1-2H3,(H,20,21);1H/t15-,17-;/m1./s1. The Kier molecular flexibility index (Phi) is 8.42. The molecule has 5 heteroatoms. The predicted molar refractivity (Wildman–Crippen MR) is 95.8 cm³/mol. The molecule has 1 aromatic rings. The first-order chi connectivity index (χ1) is 10.6. The lowest BCUT2D eigenvalue weighted by Crippen LogP contribution is -2.34. The Balaban J connectivity index is 0.00000264. The molecule has 130 valence electrons. The number of hydrogen-bond donors (Lipinski definition) is 2. The summed E-state index contributed by atoms with van der Waals surface area (Å²) in [6, 6.07) is 7.93. The summed E-state index contributed by atoms with van der Waals surface area (Å²) in [7, 11) is 0. The molecule has 0 bridgehead atoms. The van der Waals surface area contributed by atoms with E-state index in [-0.39, 0.29) is 24.2 Å². The van der Waals surface area contributed by atoms with Crippen LogP contribution in [0.4, 0.5) is 0 Å². The van der Waals surface area contributed by atoms with Crippen LogP contribution in [0, 0.1) is 17.8 Å². The molecule has 4 nitrogen and oxygen atoms in total. The van der Waals surface area contributed by atoms with Gasteiger partial charge in [-0.25, -0.2) is 0 Å². The van der Waals surface area contributed by atoms with Crippen molar-refractivity contribution in [2.24, 2.45) is 23.5 Å². The highest BCUT2D eigenvalue weighted by Crippen LogP contribution is 2.31. The Morgan fingerprint density at radius 3 is 2.87 bits per heavy atom. The van der Waals surface area contributed by atoms with Crippen molar-refractivity contribution >= 4 is 18.3 Å². The van der Waals surface area contributed by atoms with Gasteiger partial charge in [0.15, 0.2) is 0 Å². The Morgan fingerprint density at radius 2 is 2.17 bits per heavy atom. The molecule has 3 N–H and O–H groups in total. The molecule has 0 radical (unpaired) electrons. The summed E-state index contributed by atoms with van der Waals surface area (Å²) in [6.07, 6.45) is 3.15. The van der Waals surface area contributed by atoms with Crippen LogP contribution >= 0.6 is 12.4 Å². The van der Waals surface area contributed by atoms with E-state index in [0.29, 0.717) is 31.5 Å². The Bertz CT molecular complexity index is 494. The Hall–Kier alpha value is -1.26. The van der Waals surface area contributed by atoms with Gasteiger partial charge in [-0.05, 0) is 48.9 Å². The van der Waals surface area contributed by atoms with Crippen molar-refractivity contribution in [3.05, 3.63) is 29.8 Å². The minimum atomic E-state index is 0. The van der Waals surface area contributed by atoms with Crippen LogP contribution in [-0.2, 0) is 11.3 Å². The van der Waals surface area contributed by atoms with Gasteiger partial charge in [-0.2, -0.15) is 0 Å². The van der Waals surface area contributed by atoms with E-state index in [1.54, 1.807) is 0 Å². The first-order valence-corrected chi connectivity index (χ1v) is 8.29. The van der Waals surface area contributed by atoms with Crippen LogP contribution in [0.25, 0.3) is 0 Å². The first kappa shape index (κ1) is 19.8. The van der Waals surface area contributed by atoms with Gasteiger partial charge in [0.25, 0.3) is 0 Å². The normalized spacial score (nSPS) is 20.2. The Morgan fingerprint density at radius 1 is 1.39 bits per heavy atom. The molecule has 1 aliphatic carbocycles. The number of carbonyl (C=O) groups is 1. The van der Waals surface area contributed by atoms with Crippen LogP contribution in [0.5, 0.6) is 5.75 Å². The van der Waals surface area contributed by atoms with Gasteiger partial charge in [0.05, 0.1) is 6.61 Å². The smallest absolute Gasteiger partial charge is 0.223 e. The number of benzene rings is 1. The fraction of sp³-hybridized carbons (Fsp3) is 0.611. The van der Waals surface area contributed by atoms with Gasteiger partial charge in [-0.3, -0.25) is 4.79 Å². The van der Waals surface area contributed by atoms with Gasteiger partial charge < -0.3 is 15.8 Å². The highest BCUT2D eigenvalue weighted by molar-refractivity contribution is 5.85. The van der Waals surface area contributed by atoms with Gasteiger partial charge in [-0.1, -0.05) is 32.4 Å². The van der Waals surface area contributed by atoms with Crippen molar-refractivity contribution in [3.63, 3.8) is 0 Å². The summed E-state index contributed by atoms with van der Waals surface area (Å²) in [6.45, 7) is 6.11. The van der Waals surface area contributed by atoms with Crippen LogP contribution in [0.2, 0.25) is 0 Å². The molecule has 2 rings (SSSR count). The summed E-state index contributed by atoms with van der Waals surface area (Å²) in [5, 5.41) is 3.05. The second-order valence-electron chi connectivity index (χ2n) is 6.60. The maximum absolute atomic E-state index is 12.3. The molecule has 0 spiro atoms. The monoisotopic (exact) mass is 340 g/mol. The van der Waals surface area contributed by atoms with E-state index in [4.69, 9.17) is 10.5 Å². The molecule has 0 saturated heterocycles. The number of carbonyl (C=O) groups excluding carboxylic acids is 1. The molecule has 0 unspecified atom stereocenters. The molecular weight excluding hydrogens is 312 g/mol. The highest BCUT2D eigenvalue weighted by Gasteiger charge is 2.31. The molecule has 1 saturated carbocycles. The number of rotatable bonds is 7. The summed E-state index contributed by atoms with van der Waals surface area (Å²) in [5.41, 5.74) is 6.82. The molecule has 0 heterocycles. The second-order valence-corrected chi connectivity index (χ2v) is 6.60. The molecule has 23 heavy (non-hydrogen) atoms. The fourth-order valence-electron chi connectivity index (χ4n) is 2.99. The van der Waals surface area contributed by atoms with Gasteiger partial charge >= 0.3 is 0 Å². The first-order valence-electron chi connectivity index (χ1n) is 8.29. The van der Waals surface area contributed by atoms with Crippen LogP contribution in [0.3, 0.4) is 0 Å². The molecular formula is C18H29ClN2O2. The number of hydrogen-bond acceptors (Lipinski definition) is 3. The topological polar surface area (TPSA) is 64.3 Å². The molecule has 1 aliphatic rings. The van der Waals surface area contributed by atoms with E-state index < -0.39 is 0 Å². The van der Waals surface area contributed by atoms with Crippen molar-refractivity contribution in [1.82, 2.24) is 5.32 Å². The summed E-state index contributed by atoms with van der Waals surface area (Å²) in [5.74, 6) is 1.94. The SMILES string of the molecule is CC(C)COc1cccc(CNC(=O)[C@@H]2CCC[C@@H]2CN)c1.Cl. The number of amides is 1. The number of nitrogens with one attached hydrogen (secondary N) is 1. The molecule has 2 atom stereocenters. The van der Waals surface area contributed by atoms with Crippen LogP contribution in [0.1, 0.15) is 38.7 Å². The zero-order chi connectivity index (χ0) is 15.9. The van der Waals surface area contributed by atoms with Gasteiger partial charge in [-0.15, -0.1) is 12.4 Å². The lowest BCUT2D eigenvalue weighted by Gasteiger charge is -2.17. The highest BCUT2D eigenvalue weighted by atomic mass is 35.5. The largest absolute Gasteiger partial charge is 0.493 e. The predicted octanol–water partition coefficient (Wildman–Crippen LogP) is 3.13. The van der Waals surface area contributed by atoms with E-state index >= 15 is 0 Å². The van der Waals surface area contributed by atoms with Crippen molar-refractivity contribution in [3.8, 4) is 5.75 Å². The molecule has 0 aliphatic heterocycles. The number of ether oxygens (including phenoxy) is 1. The average Bonchev–Trinajstić information content (AvgIpc) is 2.99. The van der Waals surface area contributed by atoms with Crippen LogP contribution in [0.15, 0.2) is 24.3 Å². The van der Waals surface area contributed by atoms with Crippen LogP contribution in [-0.4, -0.2) is 19.1 Å². The average molecular weight is 341 g/mol. The maximum atomic E-state index is 12.3. The second kappa shape index (κ2) is 9.78. The third-order valence-electron chi connectivity index (χ3n) is 4.25. The Labute approximate surface area is 145 Å².